The van der Waals surface area contributed by atoms with Crippen molar-refractivity contribution in [3.05, 3.63) is 41.8 Å². The summed E-state index contributed by atoms with van der Waals surface area (Å²) in [4.78, 5) is 12.4. The van der Waals surface area contributed by atoms with E-state index in [4.69, 9.17) is 10.2 Å². The van der Waals surface area contributed by atoms with Crippen molar-refractivity contribution >= 4 is 29.3 Å². The lowest BCUT2D eigenvalue weighted by atomic mass is 10.3. The third kappa shape index (κ3) is 4.02. The summed E-state index contributed by atoms with van der Waals surface area (Å²) >= 11 is 1.34. The number of nitrogens with two attached hydrogens (primary N) is 1. The fraction of sp³-hybridized carbons (Fsp3) is 0.267. The van der Waals surface area contributed by atoms with Gasteiger partial charge < -0.3 is 15.5 Å². The van der Waals surface area contributed by atoms with Crippen LogP contribution in [0, 0.1) is 5.82 Å². The van der Waals surface area contributed by atoms with Gasteiger partial charge in [-0.1, -0.05) is 11.8 Å². The van der Waals surface area contributed by atoms with Crippen LogP contribution in [0.4, 0.5) is 22.0 Å². The molecular weight excluding hydrogens is 345 g/mol. The zero-order valence-corrected chi connectivity index (χ0v) is 13.8. The molecule has 0 radical (unpaired) electrons. The number of anilines is 3. The fourth-order valence-electron chi connectivity index (χ4n) is 2.12. The van der Waals surface area contributed by atoms with Crippen molar-refractivity contribution in [3.63, 3.8) is 0 Å². The molecule has 25 heavy (non-hydrogen) atoms. The predicted octanol–water partition coefficient (Wildman–Crippen LogP) is 2.89. The summed E-state index contributed by atoms with van der Waals surface area (Å²) in [5.41, 5.74) is 6.38. The van der Waals surface area contributed by atoms with E-state index in [1.165, 1.54) is 23.9 Å². The second kappa shape index (κ2) is 6.63. The average Bonchev–Trinajstić information content (AvgIpc) is 3.33. The Labute approximate surface area is 146 Å². The number of aromatic nitrogens is 5. The van der Waals surface area contributed by atoms with Gasteiger partial charge in [0, 0.05) is 11.6 Å². The van der Waals surface area contributed by atoms with E-state index < -0.39 is 0 Å². The first-order chi connectivity index (χ1) is 12.2. The summed E-state index contributed by atoms with van der Waals surface area (Å²) in [7, 11) is 0. The van der Waals surface area contributed by atoms with Crippen LogP contribution in [0.3, 0.4) is 0 Å². The van der Waals surface area contributed by atoms with Crippen LogP contribution in [0.1, 0.15) is 30.5 Å². The van der Waals surface area contributed by atoms with E-state index >= 15 is 0 Å². The van der Waals surface area contributed by atoms with E-state index in [9.17, 15) is 4.39 Å². The van der Waals surface area contributed by atoms with Crippen LogP contribution in [-0.2, 0) is 5.75 Å². The molecule has 1 saturated carbocycles. The number of nitrogen functional groups attached to an aromatic ring is 1. The molecular formula is C15H14FN7OS. The molecule has 128 valence electrons. The Morgan fingerprint density at radius 1 is 1.16 bits per heavy atom. The highest BCUT2D eigenvalue weighted by molar-refractivity contribution is 7.98. The van der Waals surface area contributed by atoms with E-state index in [1.807, 2.05) is 0 Å². The highest BCUT2D eigenvalue weighted by Crippen LogP contribution is 2.40. The van der Waals surface area contributed by atoms with E-state index in [1.54, 1.807) is 12.1 Å². The van der Waals surface area contributed by atoms with Crippen LogP contribution in [-0.4, -0.2) is 25.1 Å². The molecule has 0 atom stereocenters. The molecule has 0 unspecified atom stereocenters. The van der Waals surface area contributed by atoms with Crippen LogP contribution < -0.4 is 11.1 Å². The van der Waals surface area contributed by atoms with Crippen molar-refractivity contribution in [2.24, 2.45) is 0 Å². The van der Waals surface area contributed by atoms with Gasteiger partial charge in [-0.15, -0.1) is 10.2 Å². The standard InChI is InChI=1S/C15H14FN7OS/c16-9-3-5-10(6-4-9)18-14-20-11(19-13(17)21-14)7-25-15-23-22-12(24-15)8-1-2-8/h3-6,8H,1-2,7H2,(H3,17,18,19,20,21). The molecule has 0 spiro atoms. The van der Waals surface area contributed by atoms with Gasteiger partial charge in [-0.3, -0.25) is 0 Å². The Balaban J connectivity index is 1.43. The lowest BCUT2D eigenvalue weighted by Crippen LogP contribution is -2.06. The van der Waals surface area contributed by atoms with Gasteiger partial charge in [-0.25, -0.2) is 4.39 Å². The van der Waals surface area contributed by atoms with Crippen molar-refractivity contribution in [1.82, 2.24) is 25.1 Å². The maximum absolute atomic E-state index is 13.0. The Morgan fingerprint density at radius 3 is 2.72 bits per heavy atom. The maximum Gasteiger partial charge on any atom is 0.277 e. The van der Waals surface area contributed by atoms with Gasteiger partial charge in [0.2, 0.25) is 17.8 Å². The van der Waals surface area contributed by atoms with E-state index in [0.717, 1.165) is 12.8 Å². The van der Waals surface area contributed by atoms with Gasteiger partial charge in [0.1, 0.15) is 11.6 Å². The number of nitrogens with zero attached hydrogens (tertiary/aromatic N) is 5. The van der Waals surface area contributed by atoms with E-state index in [0.29, 0.717) is 40.2 Å². The second-order valence-electron chi connectivity index (χ2n) is 5.53. The minimum Gasteiger partial charge on any atom is -0.416 e. The van der Waals surface area contributed by atoms with Crippen molar-refractivity contribution in [1.29, 1.82) is 0 Å². The van der Waals surface area contributed by atoms with Crippen LogP contribution in [0.2, 0.25) is 0 Å². The van der Waals surface area contributed by atoms with Gasteiger partial charge in [0.25, 0.3) is 5.22 Å². The molecule has 0 saturated heterocycles. The first-order valence-corrected chi connectivity index (χ1v) is 8.63. The van der Waals surface area contributed by atoms with Crippen LogP contribution in [0.25, 0.3) is 0 Å². The lowest BCUT2D eigenvalue weighted by molar-refractivity contribution is 0.414. The molecule has 4 rings (SSSR count). The fourth-order valence-corrected chi connectivity index (χ4v) is 2.75. The summed E-state index contributed by atoms with van der Waals surface area (Å²) in [6.07, 6.45) is 2.21. The molecule has 10 heteroatoms. The molecule has 1 aromatic carbocycles. The van der Waals surface area contributed by atoms with Crippen molar-refractivity contribution in [2.75, 3.05) is 11.1 Å². The normalized spacial score (nSPS) is 13.8. The van der Waals surface area contributed by atoms with Gasteiger partial charge in [0.05, 0.1) is 5.75 Å². The summed E-state index contributed by atoms with van der Waals surface area (Å²) < 4.78 is 18.5. The lowest BCUT2D eigenvalue weighted by Gasteiger charge is -2.06. The summed E-state index contributed by atoms with van der Waals surface area (Å²) in [5.74, 6) is 2.07. The molecule has 1 fully saturated rings. The van der Waals surface area contributed by atoms with Crippen molar-refractivity contribution < 1.29 is 8.81 Å². The first-order valence-electron chi connectivity index (χ1n) is 7.65. The largest absolute Gasteiger partial charge is 0.416 e. The van der Waals surface area contributed by atoms with Gasteiger partial charge in [-0.05, 0) is 37.1 Å². The van der Waals surface area contributed by atoms with Gasteiger partial charge >= 0.3 is 0 Å². The molecule has 2 heterocycles. The predicted molar refractivity (Wildman–Crippen MR) is 89.8 cm³/mol. The number of thioether (sulfide) groups is 1. The average molecular weight is 359 g/mol. The number of nitrogens with one attached hydrogen (secondary N) is 1. The highest BCUT2D eigenvalue weighted by atomic mass is 32.2. The molecule has 0 bridgehead atoms. The summed E-state index contributed by atoms with van der Waals surface area (Å²) in [6, 6.07) is 5.86. The van der Waals surface area contributed by atoms with E-state index in [2.05, 4.69) is 30.5 Å². The smallest absolute Gasteiger partial charge is 0.277 e. The SMILES string of the molecule is Nc1nc(CSc2nnc(C3CC3)o2)nc(Nc2ccc(F)cc2)n1. The quantitative estimate of drug-likeness (QED) is 0.641. The monoisotopic (exact) mass is 359 g/mol. The Hall–Kier alpha value is -2.75. The molecule has 1 aliphatic rings. The zero-order chi connectivity index (χ0) is 17.2. The third-order valence-electron chi connectivity index (χ3n) is 3.47. The van der Waals surface area contributed by atoms with Crippen LogP contribution in [0.5, 0.6) is 0 Å². The molecule has 8 nitrogen and oxygen atoms in total. The van der Waals surface area contributed by atoms with Gasteiger partial charge in [-0.2, -0.15) is 15.0 Å². The molecule has 0 amide bonds. The number of rotatable bonds is 6. The number of hydrogen-bond acceptors (Lipinski definition) is 9. The highest BCUT2D eigenvalue weighted by Gasteiger charge is 2.29. The number of hydrogen-bond donors (Lipinski definition) is 2. The van der Waals surface area contributed by atoms with Crippen LogP contribution >= 0.6 is 11.8 Å². The molecule has 2 aromatic heterocycles. The molecule has 1 aliphatic carbocycles. The van der Waals surface area contributed by atoms with Crippen molar-refractivity contribution in [3.8, 4) is 0 Å². The van der Waals surface area contributed by atoms with Gasteiger partial charge in [0.15, 0.2) is 0 Å². The van der Waals surface area contributed by atoms with Crippen LogP contribution in [0.15, 0.2) is 33.9 Å². The van der Waals surface area contributed by atoms with Crippen molar-refractivity contribution in [2.45, 2.75) is 29.7 Å². The Bertz CT molecular complexity index is 882. The summed E-state index contributed by atoms with van der Waals surface area (Å²) in [6.45, 7) is 0. The zero-order valence-electron chi connectivity index (χ0n) is 13.0. The minimum absolute atomic E-state index is 0.0967. The molecule has 3 aromatic rings. The second-order valence-corrected chi connectivity index (χ2v) is 6.46. The maximum atomic E-state index is 13.0. The topological polar surface area (TPSA) is 116 Å². The first kappa shape index (κ1) is 15.8. The number of halogens is 1. The Kier molecular flexibility index (Phi) is 4.18. The molecule has 3 N–H and O–H groups in total. The Morgan fingerprint density at radius 2 is 1.96 bits per heavy atom. The number of benzene rings is 1. The molecule has 0 aliphatic heterocycles. The minimum atomic E-state index is -0.317. The third-order valence-corrected chi connectivity index (χ3v) is 4.29. The van der Waals surface area contributed by atoms with E-state index in [-0.39, 0.29) is 11.8 Å². The summed E-state index contributed by atoms with van der Waals surface area (Å²) in [5, 5.41) is 11.5.